The molecule has 1 aromatic heterocycles. The van der Waals surface area contributed by atoms with Crippen LogP contribution in [0.15, 0.2) is 22.8 Å². The van der Waals surface area contributed by atoms with E-state index in [1.54, 1.807) is 7.11 Å². The number of methoxy groups -OCH3 is 2. The molecule has 1 unspecified atom stereocenters. The second-order valence-electron chi connectivity index (χ2n) is 5.38. The molecule has 5 nitrogen and oxygen atoms in total. The lowest BCUT2D eigenvalue weighted by atomic mass is 9.96. The van der Waals surface area contributed by atoms with Gasteiger partial charge in [0.05, 0.1) is 25.2 Å². The zero-order chi connectivity index (χ0) is 14.3. The van der Waals surface area contributed by atoms with Crippen molar-refractivity contribution in [2.24, 2.45) is 11.3 Å². The number of piperidine rings is 1. The predicted octanol–water partition coefficient (Wildman–Crippen LogP) is 1.86. The molecule has 1 saturated carbocycles. The van der Waals surface area contributed by atoms with Crippen molar-refractivity contribution in [3.05, 3.63) is 22.8 Å². The number of aromatic nitrogens is 1. The third-order valence-corrected chi connectivity index (χ3v) is 4.87. The Hall–Kier alpha value is -1.14. The SMILES string of the molecule is COC[C@@H]1N(c2cccc(Br)n2)CC2C[C@@]21C(=O)OC. The molecule has 3 atom stereocenters. The number of rotatable bonds is 4. The number of carbonyl (C=O) groups is 1. The van der Waals surface area contributed by atoms with Crippen LogP contribution < -0.4 is 4.90 Å². The van der Waals surface area contributed by atoms with Crippen LogP contribution >= 0.6 is 15.9 Å². The standard InChI is InChI=1S/C14H17BrN2O3/c1-19-8-10-14(13(18)20-2)6-9(14)7-17(10)12-5-3-4-11(15)16-12/h3-5,9-10H,6-8H2,1-2H3/t9?,10-,14+/m0/s1. The molecule has 2 fully saturated rings. The summed E-state index contributed by atoms with van der Waals surface area (Å²) in [5.74, 6) is 1.09. The van der Waals surface area contributed by atoms with Crippen molar-refractivity contribution < 1.29 is 14.3 Å². The Kier molecular flexibility index (Phi) is 3.46. The average Bonchev–Trinajstić information content (AvgIpc) is 3.09. The fourth-order valence-electron chi connectivity index (χ4n) is 3.41. The van der Waals surface area contributed by atoms with Gasteiger partial charge in [0.25, 0.3) is 0 Å². The van der Waals surface area contributed by atoms with Gasteiger partial charge < -0.3 is 14.4 Å². The molecule has 6 heteroatoms. The van der Waals surface area contributed by atoms with Crippen molar-refractivity contribution in [1.82, 2.24) is 4.98 Å². The molecule has 0 amide bonds. The van der Waals surface area contributed by atoms with Crippen LogP contribution in [-0.4, -0.2) is 44.4 Å². The van der Waals surface area contributed by atoms with Gasteiger partial charge in [0, 0.05) is 13.7 Å². The monoisotopic (exact) mass is 340 g/mol. The van der Waals surface area contributed by atoms with Crippen molar-refractivity contribution >= 4 is 27.7 Å². The van der Waals surface area contributed by atoms with Gasteiger partial charge in [0.1, 0.15) is 10.4 Å². The van der Waals surface area contributed by atoms with Crippen molar-refractivity contribution in [3.63, 3.8) is 0 Å². The lowest BCUT2D eigenvalue weighted by Crippen LogP contribution is -2.44. The summed E-state index contributed by atoms with van der Waals surface area (Å²) in [6.45, 7) is 1.33. The minimum atomic E-state index is -0.408. The Morgan fingerprint density at radius 3 is 3.00 bits per heavy atom. The second kappa shape index (κ2) is 5.00. The first kappa shape index (κ1) is 13.8. The molecular weight excluding hydrogens is 324 g/mol. The van der Waals surface area contributed by atoms with Crippen LogP contribution in [0.1, 0.15) is 6.42 Å². The third kappa shape index (κ3) is 1.93. The fraction of sp³-hybridized carbons (Fsp3) is 0.571. The minimum absolute atomic E-state index is 0.00764. The number of hydrogen-bond donors (Lipinski definition) is 0. The first-order valence-corrected chi connectivity index (χ1v) is 7.39. The number of anilines is 1. The number of fused-ring (bicyclic) bond motifs is 1. The Labute approximate surface area is 126 Å². The maximum atomic E-state index is 12.2. The first-order chi connectivity index (χ1) is 9.63. The van der Waals surface area contributed by atoms with E-state index in [1.165, 1.54) is 7.11 Å². The quantitative estimate of drug-likeness (QED) is 0.618. The van der Waals surface area contributed by atoms with E-state index in [-0.39, 0.29) is 12.0 Å². The minimum Gasteiger partial charge on any atom is -0.469 e. The van der Waals surface area contributed by atoms with Gasteiger partial charge in [-0.15, -0.1) is 0 Å². The Balaban J connectivity index is 1.92. The van der Waals surface area contributed by atoms with E-state index in [2.05, 4.69) is 25.8 Å². The van der Waals surface area contributed by atoms with Gasteiger partial charge in [-0.2, -0.15) is 0 Å². The summed E-state index contributed by atoms with van der Waals surface area (Å²) in [5.41, 5.74) is -0.408. The highest BCUT2D eigenvalue weighted by Crippen LogP contribution is 2.62. The lowest BCUT2D eigenvalue weighted by molar-refractivity contribution is -0.148. The van der Waals surface area contributed by atoms with Crippen LogP contribution in [0.25, 0.3) is 0 Å². The van der Waals surface area contributed by atoms with Crippen LogP contribution in [0.4, 0.5) is 5.82 Å². The van der Waals surface area contributed by atoms with Crippen molar-refractivity contribution in [2.75, 3.05) is 32.3 Å². The van der Waals surface area contributed by atoms with Gasteiger partial charge in [0.2, 0.25) is 0 Å². The molecular formula is C14H17BrN2O3. The van der Waals surface area contributed by atoms with Gasteiger partial charge in [0.15, 0.2) is 0 Å². The number of halogens is 1. The van der Waals surface area contributed by atoms with Crippen molar-refractivity contribution in [1.29, 1.82) is 0 Å². The van der Waals surface area contributed by atoms with Gasteiger partial charge in [-0.25, -0.2) is 4.98 Å². The maximum absolute atomic E-state index is 12.2. The van der Waals surface area contributed by atoms with Gasteiger partial charge in [-0.3, -0.25) is 4.79 Å². The summed E-state index contributed by atoms with van der Waals surface area (Å²) in [6.07, 6.45) is 0.887. The molecule has 1 aromatic rings. The number of nitrogens with zero attached hydrogens (tertiary/aromatic N) is 2. The van der Waals surface area contributed by atoms with Crippen molar-refractivity contribution in [3.8, 4) is 0 Å². The molecule has 20 heavy (non-hydrogen) atoms. The van der Waals surface area contributed by atoms with Gasteiger partial charge in [-0.1, -0.05) is 6.07 Å². The number of esters is 1. The molecule has 0 spiro atoms. The van der Waals surface area contributed by atoms with Crippen LogP contribution in [0.3, 0.4) is 0 Å². The lowest BCUT2D eigenvalue weighted by Gasteiger charge is -2.31. The van der Waals surface area contributed by atoms with Crippen LogP contribution in [-0.2, 0) is 14.3 Å². The smallest absolute Gasteiger partial charge is 0.314 e. The maximum Gasteiger partial charge on any atom is 0.314 e. The molecule has 0 aromatic carbocycles. The van der Waals surface area contributed by atoms with E-state index in [0.29, 0.717) is 12.5 Å². The van der Waals surface area contributed by atoms with Gasteiger partial charge >= 0.3 is 5.97 Å². The molecule has 2 aliphatic rings. The molecule has 2 heterocycles. The second-order valence-corrected chi connectivity index (χ2v) is 6.19. The molecule has 0 N–H and O–H groups in total. The van der Waals surface area contributed by atoms with E-state index in [1.807, 2.05) is 18.2 Å². The molecule has 0 bridgehead atoms. The third-order valence-electron chi connectivity index (χ3n) is 4.43. The summed E-state index contributed by atoms with van der Waals surface area (Å²) in [6, 6.07) is 5.79. The number of carbonyl (C=O) groups excluding carboxylic acids is 1. The van der Waals surface area contributed by atoms with E-state index in [4.69, 9.17) is 9.47 Å². The zero-order valence-corrected chi connectivity index (χ0v) is 13.1. The molecule has 3 rings (SSSR count). The predicted molar refractivity (Wildman–Crippen MR) is 77.5 cm³/mol. The number of ether oxygens (including phenoxy) is 2. The highest BCUT2D eigenvalue weighted by atomic mass is 79.9. The Bertz CT molecular complexity index is 539. The summed E-state index contributed by atoms with van der Waals surface area (Å²) in [7, 11) is 3.11. The average molecular weight is 341 g/mol. The summed E-state index contributed by atoms with van der Waals surface area (Å²) < 4.78 is 11.1. The van der Waals surface area contributed by atoms with Crippen LogP contribution in [0.2, 0.25) is 0 Å². The number of hydrogen-bond acceptors (Lipinski definition) is 5. The van der Waals surface area contributed by atoms with Gasteiger partial charge in [-0.05, 0) is 40.4 Å². The Morgan fingerprint density at radius 1 is 1.55 bits per heavy atom. The highest BCUT2D eigenvalue weighted by molar-refractivity contribution is 9.10. The summed E-state index contributed by atoms with van der Waals surface area (Å²) in [4.78, 5) is 18.8. The first-order valence-electron chi connectivity index (χ1n) is 6.60. The fourth-order valence-corrected chi connectivity index (χ4v) is 3.74. The van der Waals surface area contributed by atoms with Crippen molar-refractivity contribution in [2.45, 2.75) is 12.5 Å². The van der Waals surface area contributed by atoms with E-state index in [9.17, 15) is 4.79 Å². The molecule has 1 aliphatic heterocycles. The Morgan fingerprint density at radius 2 is 2.35 bits per heavy atom. The molecule has 108 valence electrons. The molecule has 1 saturated heterocycles. The van der Waals surface area contributed by atoms with E-state index >= 15 is 0 Å². The largest absolute Gasteiger partial charge is 0.469 e. The van der Waals surface area contributed by atoms with E-state index < -0.39 is 5.41 Å². The topological polar surface area (TPSA) is 51.7 Å². The van der Waals surface area contributed by atoms with Crippen LogP contribution in [0.5, 0.6) is 0 Å². The zero-order valence-electron chi connectivity index (χ0n) is 11.5. The molecule has 1 aliphatic carbocycles. The number of pyridine rings is 1. The summed E-state index contributed by atoms with van der Waals surface area (Å²) in [5, 5.41) is 0. The highest BCUT2D eigenvalue weighted by Gasteiger charge is 2.71. The summed E-state index contributed by atoms with van der Waals surface area (Å²) >= 11 is 3.39. The van der Waals surface area contributed by atoms with Crippen LogP contribution in [0, 0.1) is 11.3 Å². The normalized spacial score (nSPS) is 31.1. The van der Waals surface area contributed by atoms with E-state index in [0.717, 1.165) is 23.4 Å². The molecule has 0 radical (unpaired) electrons.